The average molecular weight is 142 g/mol. The van der Waals surface area contributed by atoms with Crippen LogP contribution in [0.4, 0.5) is 0 Å². The van der Waals surface area contributed by atoms with Crippen molar-refractivity contribution in [1.82, 2.24) is 0 Å². The summed E-state index contributed by atoms with van der Waals surface area (Å²) >= 11 is 0. The number of rotatable bonds is 1. The van der Waals surface area contributed by atoms with Gasteiger partial charge < -0.3 is 9.84 Å². The van der Waals surface area contributed by atoms with Crippen molar-refractivity contribution in [1.29, 1.82) is 0 Å². The fourth-order valence-corrected chi connectivity index (χ4v) is 2.30. The zero-order valence-electron chi connectivity index (χ0n) is 6.34. The Labute approximate surface area is 61.2 Å². The third-order valence-corrected chi connectivity index (χ3v) is 3.31. The summed E-state index contributed by atoms with van der Waals surface area (Å²) in [5.74, 6) is 0. The lowest BCUT2D eigenvalue weighted by atomic mass is 9.52. The summed E-state index contributed by atoms with van der Waals surface area (Å²) in [7, 11) is 1.75. The molecule has 0 saturated heterocycles. The van der Waals surface area contributed by atoms with E-state index in [0.29, 0.717) is 6.10 Å². The third-order valence-electron chi connectivity index (χ3n) is 3.31. The molecular weight excluding hydrogens is 128 g/mol. The van der Waals surface area contributed by atoms with Crippen molar-refractivity contribution in [3.8, 4) is 0 Å². The SMILES string of the molecule is CO[C@H]1C[C@@H](O)C12CCC2. The normalized spacial score (nSPS) is 42.6. The summed E-state index contributed by atoms with van der Waals surface area (Å²) in [5.41, 5.74) is 0.203. The third kappa shape index (κ3) is 0.565. The van der Waals surface area contributed by atoms with Crippen molar-refractivity contribution in [2.75, 3.05) is 7.11 Å². The van der Waals surface area contributed by atoms with Crippen LogP contribution in [0.15, 0.2) is 0 Å². The minimum atomic E-state index is -0.0637. The van der Waals surface area contributed by atoms with E-state index >= 15 is 0 Å². The van der Waals surface area contributed by atoms with E-state index < -0.39 is 0 Å². The molecule has 2 nitrogen and oxygen atoms in total. The Morgan fingerprint density at radius 1 is 1.50 bits per heavy atom. The van der Waals surface area contributed by atoms with Gasteiger partial charge in [0.05, 0.1) is 12.2 Å². The fraction of sp³-hybridized carbons (Fsp3) is 1.00. The standard InChI is InChI=1S/C8H14O2/c1-10-7-5-6(9)8(7)3-2-4-8/h6-7,9H,2-5H2,1H3/t6-,7+/m1/s1. The van der Waals surface area contributed by atoms with Gasteiger partial charge in [-0.1, -0.05) is 6.42 Å². The molecule has 10 heavy (non-hydrogen) atoms. The quantitative estimate of drug-likeness (QED) is 0.590. The van der Waals surface area contributed by atoms with Crippen LogP contribution in [0.25, 0.3) is 0 Å². The van der Waals surface area contributed by atoms with Crippen molar-refractivity contribution in [3.63, 3.8) is 0 Å². The summed E-state index contributed by atoms with van der Waals surface area (Å²) in [6, 6.07) is 0. The summed E-state index contributed by atoms with van der Waals surface area (Å²) in [4.78, 5) is 0. The molecule has 0 amide bonds. The van der Waals surface area contributed by atoms with Crippen molar-refractivity contribution in [3.05, 3.63) is 0 Å². The summed E-state index contributed by atoms with van der Waals surface area (Å²) in [6.45, 7) is 0. The summed E-state index contributed by atoms with van der Waals surface area (Å²) in [6.07, 6.45) is 4.77. The molecule has 0 aromatic rings. The molecule has 0 bridgehead atoms. The topological polar surface area (TPSA) is 29.5 Å². The Morgan fingerprint density at radius 3 is 2.40 bits per heavy atom. The molecule has 58 valence electrons. The molecule has 2 rings (SSSR count). The molecule has 2 heteroatoms. The molecule has 2 aliphatic rings. The lowest BCUT2D eigenvalue weighted by Gasteiger charge is -2.58. The van der Waals surface area contributed by atoms with Gasteiger partial charge >= 0.3 is 0 Å². The van der Waals surface area contributed by atoms with Crippen LogP contribution in [0.1, 0.15) is 25.7 Å². The van der Waals surface area contributed by atoms with E-state index in [1.165, 1.54) is 19.3 Å². The minimum Gasteiger partial charge on any atom is -0.392 e. The van der Waals surface area contributed by atoms with Crippen molar-refractivity contribution < 1.29 is 9.84 Å². The van der Waals surface area contributed by atoms with Crippen LogP contribution in [-0.4, -0.2) is 24.4 Å². The minimum absolute atomic E-state index is 0.0637. The van der Waals surface area contributed by atoms with Gasteiger partial charge in [0.2, 0.25) is 0 Å². The smallest absolute Gasteiger partial charge is 0.0677 e. The molecule has 2 aliphatic carbocycles. The molecule has 2 saturated carbocycles. The number of ether oxygens (including phenoxy) is 1. The van der Waals surface area contributed by atoms with Gasteiger partial charge in [0.25, 0.3) is 0 Å². The average Bonchev–Trinajstić information content (AvgIpc) is 1.78. The lowest BCUT2D eigenvalue weighted by molar-refractivity contribution is -0.217. The van der Waals surface area contributed by atoms with Crippen LogP contribution in [0.2, 0.25) is 0 Å². The maximum atomic E-state index is 9.44. The van der Waals surface area contributed by atoms with E-state index in [0.717, 1.165) is 6.42 Å². The molecule has 0 aromatic heterocycles. The second kappa shape index (κ2) is 1.95. The van der Waals surface area contributed by atoms with Gasteiger partial charge in [0.1, 0.15) is 0 Å². The molecule has 1 N–H and O–H groups in total. The van der Waals surface area contributed by atoms with Gasteiger partial charge in [0.15, 0.2) is 0 Å². The van der Waals surface area contributed by atoms with Crippen molar-refractivity contribution in [2.24, 2.45) is 5.41 Å². The van der Waals surface area contributed by atoms with E-state index in [9.17, 15) is 5.11 Å². The molecule has 0 unspecified atom stereocenters. The van der Waals surface area contributed by atoms with E-state index in [2.05, 4.69) is 0 Å². The molecule has 2 atom stereocenters. The molecule has 0 aliphatic heterocycles. The predicted octanol–water partition coefficient (Wildman–Crippen LogP) is 0.936. The second-order valence-electron chi connectivity index (χ2n) is 3.56. The van der Waals surface area contributed by atoms with Crippen LogP contribution >= 0.6 is 0 Å². The van der Waals surface area contributed by atoms with Crippen LogP contribution < -0.4 is 0 Å². The zero-order chi connectivity index (χ0) is 7.19. The first kappa shape index (κ1) is 6.62. The Balaban J connectivity index is 2.03. The van der Waals surface area contributed by atoms with Crippen LogP contribution in [0.3, 0.4) is 0 Å². The number of hydrogen-bond donors (Lipinski definition) is 1. The Kier molecular flexibility index (Phi) is 1.29. The first-order valence-electron chi connectivity index (χ1n) is 4.00. The van der Waals surface area contributed by atoms with Gasteiger partial charge in [-0.05, 0) is 12.8 Å². The molecule has 1 spiro atoms. The van der Waals surface area contributed by atoms with E-state index in [-0.39, 0.29) is 11.5 Å². The highest BCUT2D eigenvalue weighted by atomic mass is 16.5. The largest absolute Gasteiger partial charge is 0.392 e. The highest BCUT2D eigenvalue weighted by molar-refractivity contribution is 5.08. The second-order valence-corrected chi connectivity index (χ2v) is 3.56. The van der Waals surface area contributed by atoms with Gasteiger partial charge in [-0.2, -0.15) is 0 Å². The molecule has 0 heterocycles. The van der Waals surface area contributed by atoms with E-state index in [1.807, 2.05) is 0 Å². The van der Waals surface area contributed by atoms with Crippen molar-refractivity contribution >= 4 is 0 Å². The monoisotopic (exact) mass is 142 g/mol. The maximum absolute atomic E-state index is 9.44. The molecule has 0 aromatic carbocycles. The number of hydrogen-bond acceptors (Lipinski definition) is 2. The van der Waals surface area contributed by atoms with Gasteiger partial charge in [-0.3, -0.25) is 0 Å². The predicted molar refractivity (Wildman–Crippen MR) is 37.7 cm³/mol. The molecule has 0 radical (unpaired) electrons. The summed E-state index contributed by atoms with van der Waals surface area (Å²) in [5, 5.41) is 9.44. The maximum Gasteiger partial charge on any atom is 0.0677 e. The first-order chi connectivity index (χ1) is 4.79. The number of aliphatic hydroxyl groups is 1. The van der Waals surface area contributed by atoms with Gasteiger partial charge in [0, 0.05) is 18.9 Å². The molecular formula is C8H14O2. The van der Waals surface area contributed by atoms with Crippen LogP contribution in [0, 0.1) is 5.41 Å². The lowest BCUT2D eigenvalue weighted by Crippen LogP contribution is -2.61. The summed E-state index contributed by atoms with van der Waals surface area (Å²) < 4.78 is 5.25. The highest BCUT2D eigenvalue weighted by Gasteiger charge is 2.58. The highest BCUT2D eigenvalue weighted by Crippen LogP contribution is 2.56. The zero-order valence-corrected chi connectivity index (χ0v) is 6.34. The Bertz CT molecular complexity index is 140. The van der Waals surface area contributed by atoms with Crippen LogP contribution in [0.5, 0.6) is 0 Å². The van der Waals surface area contributed by atoms with E-state index in [4.69, 9.17) is 4.74 Å². The van der Waals surface area contributed by atoms with Gasteiger partial charge in [-0.15, -0.1) is 0 Å². The number of methoxy groups -OCH3 is 1. The fourth-order valence-electron chi connectivity index (χ4n) is 2.30. The first-order valence-corrected chi connectivity index (χ1v) is 4.00. The Morgan fingerprint density at radius 2 is 2.20 bits per heavy atom. The van der Waals surface area contributed by atoms with Crippen LogP contribution in [-0.2, 0) is 4.74 Å². The number of aliphatic hydroxyl groups excluding tert-OH is 1. The van der Waals surface area contributed by atoms with E-state index in [1.54, 1.807) is 7.11 Å². The Hall–Kier alpha value is -0.0800. The van der Waals surface area contributed by atoms with Crippen molar-refractivity contribution in [2.45, 2.75) is 37.9 Å². The van der Waals surface area contributed by atoms with Gasteiger partial charge in [-0.25, -0.2) is 0 Å². The molecule has 2 fully saturated rings.